The standard InChI is InChI=1S/C28H33N3O6S2/c1-4-31(24-11-7-5-8-12-24)39(35,36)26-19-22(14-13-21(26)2)28(32)29-23-15-16-25(37-3)27(20-23)38(33,34)30-17-9-6-10-18-30/h5,7-8,11-16,19-20H,4,6,9-10,17-18H2,1-3H3,(H,29,32). The van der Waals surface area contributed by atoms with Gasteiger partial charge in [-0.1, -0.05) is 30.7 Å². The molecule has 0 unspecified atom stereocenters. The van der Waals surface area contributed by atoms with E-state index in [4.69, 9.17) is 4.74 Å². The molecule has 0 aromatic heterocycles. The van der Waals surface area contributed by atoms with Crippen molar-refractivity contribution >= 4 is 37.3 Å². The molecule has 0 spiro atoms. The summed E-state index contributed by atoms with van der Waals surface area (Å²) >= 11 is 0. The number of hydrogen-bond donors (Lipinski definition) is 1. The SMILES string of the molecule is CCN(c1ccccc1)S(=O)(=O)c1cc(C(=O)Nc2ccc(OC)c(S(=O)(=O)N3CCCCC3)c2)ccc1C. The Balaban J connectivity index is 1.64. The molecule has 11 heteroatoms. The summed E-state index contributed by atoms with van der Waals surface area (Å²) in [6.45, 7) is 4.49. The molecule has 1 aliphatic rings. The van der Waals surface area contributed by atoms with Crippen LogP contribution >= 0.6 is 0 Å². The van der Waals surface area contributed by atoms with E-state index in [1.807, 2.05) is 6.07 Å². The molecule has 1 saturated heterocycles. The van der Waals surface area contributed by atoms with Crippen molar-refractivity contribution in [2.24, 2.45) is 0 Å². The van der Waals surface area contributed by atoms with Gasteiger partial charge in [-0.25, -0.2) is 16.8 Å². The minimum atomic E-state index is -3.96. The molecule has 1 amide bonds. The van der Waals surface area contributed by atoms with E-state index in [2.05, 4.69) is 5.32 Å². The second kappa shape index (κ2) is 11.8. The summed E-state index contributed by atoms with van der Waals surface area (Å²) < 4.78 is 61.9. The lowest BCUT2D eigenvalue weighted by atomic mass is 10.1. The highest BCUT2D eigenvalue weighted by atomic mass is 32.2. The highest BCUT2D eigenvalue weighted by Gasteiger charge is 2.30. The van der Waals surface area contributed by atoms with E-state index in [0.717, 1.165) is 19.3 Å². The highest BCUT2D eigenvalue weighted by molar-refractivity contribution is 7.93. The second-order valence-electron chi connectivity index (χ2n) is 9.27. The Kier molecular flexibility index (Phi) is 8.63. The number of methoxy groups -OCH3 is 1. The number of carbonyl (C=O) groups is 1. The Bertz CT molecular complexity index is 1550. The van der Waals surface area contributed by atoms with Crippen molar-refractivity contribution in [2.75, 3.05) is 36.4 Å². The number of amides is 1. The molecule has 0 atom stereocenters. The summed E-state index contributed by atoms with van der Waals surface area (Å²) in [6.07, 6.45) is 2.56. The molecule has 1 N–H and O–H groups in total. The molecule has 1 aliphatic heterocycles. The van der Waals surface area contributed by atoms with Crippen LogP contribution in [-0.4, -0.2) is 53.8 Å². The quantitative estimate of drug-likeness (QED) is 0.400. The van der Waals surface area contributed by atoms with Crippen LogP contribution < -0.4 is 14.4 Å². The van der Waals surface area contributed by atoms with E-state index < -0.39 is 26.0 Å². The van der Waals surface area contributed by atoms with Crippen molar-refractivity contribution in [3.63, 3.8) is 0 Å². The van der Waals surface area contributed by atoms with Gasteiger partial charge >= 0.3 is 0 Å². The molecule has 9 nitrogen and oxygen atoms in total. The first-order valence-electron chi connectivity index (χ1n) is 12.8. The second-order valence-corrected chi connectivity index (χ2v) is 13.0. The Hall–Kier alpha value is -3.41. The third kappa shape index (κ3) is 5.95. The van der Waals surface area contributed by atoms with Gasteiger partial charge in [0.1, 0.15) is 10.6 Å². The average molecular weight is 572 g/mol. The number of nitrogens with zero attached hydrogens (tertiary/aromatic N) is 2. The molecule has 3 aromatic carbocycles. The van der Waals surface area contributed by atoms with Gasteiger partial charge < -0.3 is 10.1 Å². The number of carbonyl (C=O) groups excluding carboxylic acids is 1. The first-order chi connectivity index (χ1) is 18.6. The van der Waals surface area contributed by atoms with Gasteiger partial charge in [0.05, 0.1) is 17.7 Å². The maximum Gasteiger partial charge on any atom is 0.264 e. The summed E-state index contributed by atoms with van der Waals surface area (Å²) in [4.78, 5) is 13.2. The summed E-state index contributed by atoms with van der Waals surface area (Å²) in [5, 5.41) is 2.71. The maximum atomic E-state index is 13.6. The number of benzene rings is 3. The zero-order chi connectivity index (χ0) is 28.2. The van der Waals surface area contributed by atoms with E-state index in [9.17, 15) is 21.6 Å². The first-order valence-corrected chi connectivity index (χ1v) is 15.7. The van der Waals surface area contributed by atoms with Crippen molar-refractivity contribution in [3.8, 4) is 5.75 Å². The van der Waals surface area contributed by atoms with Crippen LogP contribution in [0.3, 0.4) is 0 Å². The fourth-order valence-corrected chi connectivity index (χ4v) is 8.05. The normalized spacial score (nSPS) is 14.5. The summed E-state index contributed by atoms with van der Waals surface area (Å²) in [5.41, 5.74) is 1.40. The third-order valence-corrected chi connectivity index (χ3v) is 10.7. The number of nitrogens with one attached hydrogen (secondary N) is 1. The van der Waals surface area contributed by atoms with Gasteiger partial charge in [-0.2, -0.15) is 4.31 Å². The Morgan fingerprint density at radius 1 is 0.923 bits per heavy atom. The molecule has 39 heavy (non-hydrogen) atoms. The summed E-state index contributed by atoms with van der Waals surface area (Å²) in [5.74, 6) is -0.386. The van der Waals surface area contributed by atoms with E-state index in [1.165, 1.54) is 40.0 Å². The zero-order valence-corrected chi connectivity index (χ0v) is 23.9. The van der Waals surface area contributed by atoms with Crippen LogP contribution in [0.1, 0.15) is 42.1 Å². The van der Waals surface area contributed by atoms with Crippen molar-refractivity contribution in [1.82, 2.24) is 4.31 Å². The number of anilines is 2. The van der Waals surface area contributed by atoms with Gasteiger partial charge in [-0.15, -0.1) is 0 Å². The highest BCUT2D eigenvalue weighted by Crippen LogP contribution is 2.32. The number of rotatable bonds is 9. The van der Waals surface area contributed by atoms with Crippen molar-refractivity contribution in [2.45, 2.75) is 42.9 Å². The smallest absolute Gasteiger partial charge is 0.264 e. The number of para-hydroxylation sites is 1. The Labute approximate surface area is 230 Å². The average Bonchev–Trinajstić information content (AvgIpc) is 2.94. The predicted molar refractivity (Wildman–Crippen MR) is 151 cm³/mol. The van der Waals surface area contributed by atoms with Gasteiger partial charge in [-0.3, -0.25) is 9.10 Å². The lowest BCUT2D eigenvalue weighted by Crippen LogP contribution is -2.35. The lowest BCUT2D eigenvalue weighted by Gasteiger charge is -2.26. The molecule has 0 saturated carbocycles. The van der Waals surface area contributed by atoms with Crippen LogP contribution in [0.4, 0.5) is 11.4 Å². The molecule has 0 aliphatic carbocycles. The van der Waals surface area contributed by atoms with Crippen LogP contribution in [-0.2, 0) is 20.0 Å². The molecule has 4 rings (SSSR count). The van der Waals surface area contributed by atoms with Gasteiger partial charge in [-0.05, 0) is 74.7 Å². The number of sulfonamides is 2. The molecular weight excluding hydrogens is 538 g/mol. The van der Waals surface area contributed by atoms with E-state index in [1.54, 1.807) is 50.2 Å². The lowest BCUT2D eigenvalue weighted by molar-refractivity contribution is 0.102. The van der Waals surface area contributed by atoms with E-state index >= 15 is 0 Å². The zero-order valence-electron chi connectivity index (χ0n) is 22.3. The number of hydrogen-bond acceptors (Lipinski definition) is 6. The van der Waals surface area contributed by atoms with Crippen LogP contribution in [0.2, 0.25) is 0 Å². The summed E-state index contributed by atoms with van der Waals surface area (Å²) in [6, 6.07) is 17.7. The van der Waals surface area contributed by atoms with Crippen molar-refractivity contribution in [3.05, 3.63) is 77.9 Å². The van der Waals surface area contributed by atoms with Crippen LogP contribution in [0.5, 0.6) is 5.75 Å². The fourth-order valence-electron chi connectivity index (χ4n) is 4.63. The molecule has 3 aromatic rings. The van der Waals surface area contributed by atoms with Crippen LogP contribution in [0.25, 0.3) is 0 Å². The molecular formula is C28H33N3O6S2. The van der Waals surface area contributed by atoms with Crippen LogP contribution in [0, 0.1) is 6.92 Å². The van der Waals surface area contributed by atoms with Crippen LogP contribution in [0.15, 0.2) is 76.5 Å². The van der Waals surface area contributed by atoms with E-state index in [0.29, 0.717) is 24.3 Å². The number of aryl methyl sites for hydroxylation is 1. The predicted octanol–water partition coefficient (Wildman–Crippen LogP) is 4.65. The van der Waals surface area contributed by atoms with Gasteiger partial charge in [0.15, 0.2) is 0 Å². The number of ether oxygens (including phenoxy) is 1. The third-order valence-electron chi connectivity index (χ3n) is 6.70. The maximum absolute atomic E-state index is 13.6. The topological polar surface area (TPSA) is 113 Å². The van der Waals surface area contributed by atoms with Gasteiger partial charge in [0, 0.05) is 30.9 Å². The Morgan fingerprint density at radius 2 is 1.62 bits per heavy atom. The monoisotopic (exact) mass is 571 g/mol. The van der Waals surface area contributed by atoms with Crippen molar-refractivity contribution in [1.29, 1.82) is 0 Å². The van der Waals surface area contributed by atoms with Gasteiger partial charge in [0.25, 0.3) is 15.9 Å². The summed E-state index contributed by atoms with van der Waals surface area (Å²) in [7, 11) is -6.39. The minimum Gasteiger partial charge on any atom is -0.495 e. The molecule has 0 radical (unpaired) electrons. The minimum absolute atomic E-state index is 0.0175. The largest absolute Gasteiger partial charge is 0.495 e. The van der Waals surface area contributed by atoms with E-state index in [-0.39, 0.29) is 33.3 Å². The van der Waals surface area contributed by atoms with Crippen molar-refractivity contribution < 1.29 is 26.4 Å². The number of piperidine rings is 1. The molecule has 1 heterocycles. The first kappa shape index (κ1) is 28.6. The Morgan fingerprint density at radius 3 is 2.26 bits per heavy atom. The molecule has 1 fully saturated rings. The molecule has 0 bridgehead atoms. The molecule has 208 valence electrons. The van der Waals surface area contributed by atoms with Gasteiger partial charge in [0.2, 0.25) is 10.0 Å². The fraction of sp³-hybridized carbons (Fsp3) is 0.321.